The fraction of sp³-hybridized carbons (Fsp3) is 0.455. The van der Waals surface area contributed by atoms with Gasteiger partial charge in [-0.25, -0.2) is 4.79 Å². The second-order valence-electron chi connectivity index (χ2n) is 7.61. The maximum Gasteiger partial charge on any atom is 0.337 e. The lowest BCUT2D eigenvalue weighted by Gasteiger charge is -2.30. The second-order valence-corrected chi connectivity index (χ2v) is 7.61. The van der Waals surface area contributed by atoms with Crippen molar-refractivity contribution in [3.8, 4) is 5.75 Å². The molecule has 1 aromatic carbocycles. The van der Waals surface area contributed by atoms with E-state index >= 15 is 0 Å². The average molecular weight is 402 g/mol. The molecule has 0 fully saturated rings. The van der Waals surface area contributed by atoms with Crippen LogP contribution in [0.1, 0.15) is 37.1 Å². The first-order valence-corrected chi connectivity index (χ1v) is 9.61. The van der Waals surface area contributed by atoms with Crippen molar-refractivity contribution >= 4 is 5.97 Å². The van der Waals surface area contributed by atoms with E-state index in [0.717, 1.165) is 11.1 Å². The minimum atomic E-state index is -2.10. The normalized spacial score (nSPS) is 14.4. The van der Waals surface area contributed by atoms with Gasteiger partial charge in [0.25, 0.3) is 0 Å². The zero-order valence-electron chi connectivity index (χ0n) is 17.2. The first kappa shape index (κ1) is 22.8. The molecular weight excluding hydrogens is 372 g/mol. The van der Waals surface area contributed by atoms with Gasteiger partial charge in [-0.1, -0.05) is 44.2 Å². The molecule has 2 atom stereocenters. The standard InChI is InChI=1S/C22H30N2O5/c1-15(2)9-20(23)22(27,21(25)26)11-18-10-19(28-3)17(12-24-18)14-29-13-16-7-5-4-6-8-16/h4-8,10,12,15,20,27H,9,11,13-14,23H2,1-3H3,(H,25,26)/t20-,22+/m0/s1. The Bertz CT molecular complexity index is 797. The third kappa shape index (κ3) is 6.25. The Balaban J connectivity index is 2.10. The van der Waals surface area contributed by atoms with Crippen LogP contribution in [0.3, 0.4) is 0 Å². The summed E-state index contributed by atoms with van der Waals surface area (Å²) in [5.74, 6) is -0.683. The summed E-state index contributed by atoms with van der Waals surface area (Å²) < 4.78 is 11.1. The lowest BCUT2D eigenvalue weighted by Crippen LogP contribution is -2.56. The quantitative estimate of drug-likeness (QED) is 0.529. The minimum absolute atomic E-state index is 0.155. The summed E-state index contributed by atoms with van der Waals surface area (Å²) in [6, 6.07) is 10.5. The molecule has 0 aliphatic rings. The van der Waals surface area contributed by atoms with Crippen molar-refractivity contribution in [1.82, 2.24) is 4.98 Å². The number of methoxy groups -OCH3 is 1. The molecule has 0 saturated heterocycles. The molecule has 0 aliphatic carbocycles. The number of nitrogens with zero attached hydrogens (tertiary/aromatic N) is 1. The van der Waals surface area contributed by atoms with E-state index in [-0.39, 0.29) is 12.3 Å². The predicted octanol–water partition coefficient (Wildman–Crippen LogP) is 2.54. The summed E-state index contributed by atoms with van der Waals surface area (Å²) in [6.07, 6.45) is 1.75. The van der Waals surface area contributed by atoms with E-state index < -0.39 is 17.6 Å². The van der Waals surface area contributed by atoms with E-state index in [0.29, 0.717) is 31.1 Å². The van der Waals surface area contributed by atoms with Gasteiger partial charge in [-0.2, -0.15) is 0 Å². The molecule has 158 valence electrons. The number of ether oxygens (including phenoxy) is 2. The first-order chi connectivity index (χ1) is 13.8. The van der Waals surface area contributed by atoms with Crippen molar-refractivity contribution in [2.45, 2.75) is 51.5 Å². The predicted molar refractivity (Wildman–Crippen MR) is 109 cm³/mol. The van der Waals surface area contributed by atoms with Crippen LogP contribution in [0.25, 0.3) is 0 Å². The van der Waals surface area contributed by atoms with Gasteiger partial charge in [0.1, 0.15) is 5.75 Å². The number of hydrogen-bond donors (Lipinski definition) is 3. The van der Waals surface area contributed by atoms with Crippen LogP contribution in [-0.4, -0.2) is 39.9 Å². The van der Waals surface area contributed by atoms with Crippen molar-refractivity contribution < 1.29 is 24.5 Å². The van der Waals surface area contributed by atoms with Gasteiger partial charge in [0.05, 0.1) is 20.3 Å². The van der Waals surface area contributed by atoms with Crippen LogP contribution in [0.4, 0.5) is 0 Å². The molecule has 0 radical (unpaired) electrons. The van der Waals surface area contributed by atoms with Crippen molar-refractivity contribution in [3.63, 3.8) is 0 Å². The molecule has 0 amide bonds. The molecule has 0 unspecified atom stereocenters. The molecule has 7 heteroatoms. The molecule has 7 nitrogen and oxygen atoms in total. The summed E-state index contributed by atoms with van der Waals surface area (Å²) in [5.41, 5.74) is 6.09. The number of benzene rings is 1. The second kappa shape index (κ2) is 10.3. The van der Waals surface area contributed by atoms with E-state index in [1.807, 2.05) is 44.2 Å². The van der Waals surface area contributed by atoms with Gasteiger partial charge in [-0.3, -0.25) is 4.98 Å². The SMILES string of the molecule is COc1cc(C[C@](O)(C(=O)O)[C@@H](N)CC(C)C)ncc1COCc1ccccc1. The Hall–Kier alpha value is -2.48. The van der Waals surface area contributed by atoms with Gasteiger partial charge in [0, 0.05) is 36.0 Å². The number of nitrogens with two attached hydrogens (primary N) is 1. The largest absolute Gasteiger partial charge is 0.496 e. The Morgan fingerprint density at radius 1 is 1.24 bits per heavy atom. The summed E-state index contributed by atoms with van der Waals surface area (Å²) in [6.45, 7) is 4.59. The van der Waals surface area contributed by atoms with Crippen LogP contribution in [0.15, 0.2) is 42.6 Å². The van der Waals surface area contributed by atoms with E-state index in [9.17, 15) is 15.0 Å². The topological polar surface area (TPSA) is 115 Å². The van der Waals surface area contributed by atoms with Gasteiger partial charge in [0.2, 0.25) is 0 Å². The van der Waals surface area contributed by atoms with Crippen LogP contribution in [-0.2, 0) is 29.2 Å². The monoisotopic (exact) mass is 402 g/mol. The van der Waals surface area contributed by atoms with Crippen LogP contribution in [0.5, 0.6) is 5.75 Å². The lowest BCUT2D eigenvalue weighted by atomic mass is 9.84. The third-order valence-corrected chi connectivity index (χ3v) is 4.75. The Morgan fingerprint density at radius 3 is 2.52 bits per heavy atom. The zero-order valence-corrected chi connectivity index (χ0v) is 17.2. The van der Waals surface area contributed by atoms with Gasteiger partial charge in [-0.05, 0) is 17.9 Å². The highest BCUT2D eigenvalue weighted by molar-refractivity contribution is 5.78. The van der Waals surface area contributed by atoms with E-state index in [1.165, 1.54) is 7.11 Å². The highest BCUT2D eigenvalue weighted by Crippen LogP contribution is 2.25. The molecular formula is C22H30N2O5. The number of rotatable bonds is 11. The molecule has 4 N–H and O–H groups in total. The third-order valence-electron chi connectivity index (χ3n) is 4.75. The van der Waals surface area contributed by atoms with Gasteiger partial charge in [0.15, 0.2) is 5.60 Å². The smallest absolute Gasteiger partial charge is 0.337 e. The van der Waals surface area contributed by atoms with Crippen molar-refractivity contribution in [3.05, 3.63) is 59.4 Å². The van der Waals surface area contributed by atoms with E-state index in [4.69, 9.17) is 15.2 Å². The first-order valence-electron chi connectivity index (χ1n) is 9.61. The summed E-state index contributed by atoms with van der Waals surface area (Å²) in [4.78, 5) is 16.0. The number of carboxylic acids is 1. The molecule has 2 aromatic rings. The number of carbonyl (C=O) groups is 1. The number of carboxylic acid groups (broad SMARTS) is 1. The Labute approximate surface area is 171 Å². The van der Waals surface area contributed by atoms with Gasteiger partial charge in [-0.15, -0.1) is 0 Å². The Kier molecular flexibility index (Phi) is 8.13. The van der Waals surface area contributed by atoms with Crippen LogP contribution < -0.4 is 10.5 Å². The number of aromatic nitrogens is 1. The number of aliphatic hydroxyl groups is 1. The lowest BCUT2D eigenvalue weighted by molar-refractivity contribution is -0.161. The fourth-order valence-corrected chi connectivity index (χ4v) is 3.10. The van der Waals surface area contributed by atoms with Crippen molar-refractivity contribution in [1.29, 1.82) is 0 Å². The molecule has 0 saturated carbocycles. The molecule has 1 aromatic heterocycles. The summed E-state index contributed by atoms with van der Waals surface area (Å²) >= 11 is 0. The number of hydrogen-bond acceptors (Lipinski definition) is 6. The highest BCUT2D eigenvalue weighted by atomic mass is 16.5. The number of aliphatic carboxylic acids is 1. The number of pyridine rings is 1. The van der Waals surface area contributed by atoms with Crippen molar-refractivity contribution in [2.75, 3.05) is 7.11 Å². The average Bonchev–Trinajstić information content (AvgIpc) is 2.68. The molecule has 0 aliphatic heterocycles. The molecule has 1 heterocycles. The highest BCUT2D eigenvalue weighted by Gasteiger charge is 2.43. The summed E-state index contributed by atoms with van der Waals surface area (Å²) in [7, 11) is 1.52. The molecule has 0 spiro atoms. The Morgan fingerprint density at radius 2 is 1.93 bits per heavy atom. The van der Waals surface area contributed by atoms with E-state index in [2.05, 4.69) is 4.98 Å². The fourth-order valence-electron chi connectivity index (χ4n) is 3.10. The van der Waals surface area contributed by atoms with E-state index in [1.54, 1.807) is 12.3 Å². The summed E-state index contributed by atoms with van der Waals surface area (Å²) in [5, 5.41) is 20.3. The molecule has 2 rings (SSSR count). The van der Waals surface area contributed by atoms with Crippen molar-refractivity contribution in [2.24, 2.45) is 11.7 Å². The molecule has 0 bridgehead atoms. The van der Waals surface area contributed by atoms with Gasteiger partial charge < -0.3 is 25.4 Å². The minimum Gasteiger partial charge on any atom is -0.496 e. The maximum atomic E-state index is 11.7. The van der Waals surface area contributed by atoms with Crippen LogP contribution in [0, 0.1) is 5.92 Å². The maximum absolute atomic E-state index is 11.7. The molecule has 29 heavy (non-hydrogen) atoms. The van der Waals surface area contributed by atoms with Crippen LogP contribution >= 0.6 is 0 Å². The zero-order chi connectivity index (χ0) is 21.4. The van der Waals surface area contributed by atoms with Gasteiger partial charge >= 0.3 is 5.97 Å². The van der Waals surface area contributed by atoms with Crippen LogP contribution in [0.2, 0.25) is 0 Å².